The lowest BCUT2D eigenvalue weighted by molar-refractivity contribution is 0.653. The maximum Gasteiger partial charge on any atom is 0.0620 e. The number of hydrogen-bond donors (Lipinski definition) is 1. The highest BCUT2D eigenvalue weighted by Gasteiger charge is 2.16. The molecule has 0 aliphatic carbocycles. The topological polar surface area (TPSA) is 29.9 Å². The van der Waals surface area contributed by atoms with Crippen molar-refractivity contribution < 1.29 is 0 Å². The molecule has 2 aromatic rings. The van der Waals surface area contributed by atoms with E-state index in [9.17, 15) is 0 Å². The van der Waals surface area contributed by atoms with E-state index in [4.69, 9.17) is 11.6 Å². The van der Waals surface area contributed by atoms with Crippen LogP contribution >= 0.6 is 11.6 Å². The molecule has 0 radical (unpaired) electrons. The van der Waals surface area contributed by atoms with Crippen molar-refractivity contribution >= 4 is 11.6 Å². The van der Waals surface area contributed by atoms with Crippen LogP contribution in [-0.2, 0) is 6.54 Å². The Morgan fingerprint density at radius 1 is 1.44 bits per heavy atom. The Bertz CT molecular complexity index is 534. The number of nitrogens with zero attached hydrogens (tertiary/aromatic N) is 2. The van der Waals surface area contributed by atoms with Gasteiger partial charge in [-0.25, -0.2) is 0 Å². The van der Waals surface area contributed by atoms with Crippen molar-refractivity contribution in [1.82, 2.24) is 15.1 Å². The van der Waals surface area contributed by atoms with E-state index < -0.39 is 0 Å². The van der Waals surface area contributed by atoms with Crippen LogP contribution in [0.25, 0.3) is 0 Å². The summed E-state index contributed by atoms with van der Waals surface area (Å²) >= 11 is 6.33. The van der Waals surface area contributed by atoms with Gasteiger partial charge in [-0.2, -0.15) is 5.10 Å². The summed E-state index contributed by atoms with van der Waals surface area (Å²) in [7, 11) is 1.93. The SMILES string of the molecule is CCn1cc(C(NC)c2ccc(C)cc2Cl)cn1. The average molecular weight is 264 g/mol. The van der Waals surface area contributed by atoms with Gasteiger partial charge < -0.3 is 5.32 Å². The van der Waals surface area contributed by atoms with E-state index in [1.807, 2.05) is 30.9 Å². The average Bonchev–Trinajstić information content (AvgIpc) is 2.81. The molecular formula is C14H18ClN3. The molecule has 0 aliphatic rings. The van der Waals surface area contributed by atoms with E-state index in [0.717, 1.165) is 22.7 Å². The molecule has 1 heterocycles. The van der Waals surface area contributed by atoms with Crippen LogP contribution in [0.2, 0.25) is 5.02 Å². The molecule has 2 rings (SSSR count). The Kier molecular flexibility index (Phi) is 4.04. The minimum absolute atomic E-state index is 0.0819. The molecule has 18 heavy (non-hydrogen) atoms. The Balaban J connectivity index is 2.38. The third-order valence-electron chi connectivity index (χ3n) is 3.07. The van der Waals surface area contributed by atoms with Crippen LogP contribution in [-0.4, -0.2) is 16.8 Å². The van der Waals surface area contributed by atoms with Gasteiger partial charge in [-0.15, -0.1) is 0 Å². The second-order valence-electron chi connectivity index (χ2n) is 4.38. The van der Waals surface area contributed by atoms with Gasteiger partial charge in [-0.1, -0.05) is 23.7 Å². The number of aromatic nitrogens is 2. The first-order valence-electron chi connectivity index (χ1n) is 6.11. The van der Waals surface area contributed by atoms with Gasteiger partial charge in [0, 0.05) is 23.3 Å². The van der Waals surface area contributed by atoms with Gasteiger partial charge in [-0.3, -0.25) is 4.68 Å². The highest BCUT2D eigenvalue weighted by molar-refractivity contribution is 6.31. The van der Waals surface area contributed by atoms with Crippen LogP contribution in [0.5, 0.6) is 0 Å². The van der Waals surface area contributed by atoms with Gasteiger partial charge in [0.25, 0.3) is 0 Å². The van der Waals surface area contributed by atoms with Gasteiger partial charge in [-0.05, 0) is 38.1 Å². The summed E-state index contributed by atoms with van der Waals surface area (Å²) in [5.41, 5.74) is 3.38. The molecular weight excluding hydrogens is 246 g/mol. The van der Waals surface area contributed by atoms with Crippen LogP contribution in [0.15, 0.2) is 30.6 Å². The highest BCUT2D eigenvalue weighted by atomic mass is 35.5. The fraction of sp³-hybridized carbons (Fsp3) is 0.357. The Morgan fingerprint density at radius 2 is 2.22 bits per heavy atom. The van der Waals surface area contributed by atoms with Crippen molar-refractivity contribution in [2.24, 2.45) is 0 Å². The van der Waals surface area contributed by atoms with Crippen LogP contribution in [0.4, 0.5) is 0 Å². The second kappa shape index (κ2) is 5.55. The van der Waals surface area contributed by atoms with Crippen LogP contribution in [0, 0.1) is 6.92 Å². The molecule has 96 valence electrons. The predicted octanol–water partition coefficient (Wildman–Crippen LogP) is 3.17. The molecule has 0 saturated heterocycles. The van der Waals surface area contributed by atoms with Gasteiger partial charge in [0.2, 0.25) is 0 Å². The maximum absolute atomic E-state index is 6.33. The molecule has 1 atom stereocenters. The Morgan fingerprint density at radius 3 is 2.78 bits per heavy atom. The molecule has 1 unspecified atom stereocenters. The Hall–Kier alpha value is -1.32. The van der Waals surface area contributed by atoms with Gasteiger partial charge in [0.05, 0.1) is 12.2 Å². The smallest absolute Gasteiger partial charge is 0.0620 e. The number of hydrogen-bond acceptors (Lipinski definition) is 2. The van der Waals surface area contributed by atoms with Crippen LogP contribution in [0.3, 0.4) is 0 Å². The molecule has 1 aromatic carbocycles. The third-order valence-corrected chi connectivity index (χ3v) is 3.39. The lowest BCUT2D eigenvalue weighted by Crippen LogP contribution is -2.17. The maximum atomic E-state index is 6.33. The largest absolute Gasteiger partial charge is 0.309 e. The summed E-state index contributed by atoms with van der Waals surface area (Å²) in [6.07, 6.45) is 3.94. The molecule has 4 heteroatoms. The van der Waals surface area contributed by atoms with E-state index in [0.29, 0.717) is 0 Å². The van der Waals surface area contributed by atoms with Crippen molar-refractivity contribution in [3.63, 3.8) is 0 Å². The van der Waals surface area contributed by atoms with Crippen molar-refractivity contribution in [1.29, 1.82) is 0 Å². The fourth-order valence-electron chi connectivity index (χ4n) is 2.07. The molecule has 0 fully saturated rings. The molecule has 0 aliphatic heterocycles. The van der Waals surface area contributed by atoms with Gasteiger partial charge in [0.1, 0.15) is 0 Å². The van der Waals surface area contributed by atoms with Crippen molar-refractivity contribution in [3.05, 3.63) is 52.3 Å². The summed E-state index contributed by atoms with van der Waals surface area (Å²) < 4.78 is 1.92. The van der Waals surface area contributed by atoms with E-state index in [-0.39, 0.29) is 6.04 Å². The summed E-state index contributed by atoms with van der Waals surface area (Å²) in [5, 5.41) is 8.39. The highest BCUT2D eigenvalue weighted by Crippen LogP contribution is 2.28. The van der Waals surface area contributed by atoms with Crippen molar-refractivity contribution in [3.8, 4) is 0 Å². The normalized spacial score (nSPS) is 12.7. The molecule has 1 aromatic heterocycles. The van der Waals surface area contributed by atoms with Crippen molar-refractivity contribution in [2.75, 3.05) is 7.05 Å². The molecule has 0 saturated carbocycles. The summed E-state index contributed by atoms with van der Waals surface area (Å²) in [6.45, 7) is 4.99. The Labute approximate surface area is 113 Å². The van der Waals surface area contributed by atoms with Gasteiger partial charge in [0.15, 0.2) is 0 Å². The predicted molar refractivity (Wildman–Crippen MR) is 75.0 cm³/mol. The second-order valence-corrected chi connectivity index (χ2v) is 4.78. The quantitative estimate of drug-likeness (QED) is 0.918. The third kappa shape index (κ3) is 2.57. The van der Waals surface area contributed by atoms with Crippen molar-refractivity contribution in [2.45, 2.75) is 26.4 Å². The number of halogens is 1. The minimum atomic E-state index is 0.0819. The van der Waals surface area contributed by atoms with Gasteiger partial charge >= 0.3 is 0 Å². The first-order valence-corrected chi connectivity index (χ1v) is 6.49. The lowest BCUT2D eigenvalue weighted by Gasteiger charge is -2.16. The zero-order valence-corrected chi connectivity index (χ0v) is 11.7. The van der Waals surface area contributed by atoms with Crippen LogP contribution < -0.4 is 5.32 Å². The zero-order valence-electron chi connectivity index (χ0n) is 10.9. The molecule has 0 amide bonds. The molecule has 0 spiro atoms. The van der Waals surface area contributed by atoms with E-state index in [1.54, 1.807) is 0 Å². The molecule has 1 N–H and O–H groups in total. The number of rotatable bonds is 4. The summed E-state index contributed by atoms with van der Waals surface area (Å²) in [5.74, 6) is 0. The van der Waals surface area contributed by atoms with E-state index >= 15 is 0 Å². The lowest BCUT2D eigenvalue weighted by atomic mass is 10.0. The van der Waals surface area contributed by atoms with E-state index in [1.165, 1.54) is 5.56 Å². The molecule has 3 nitrogen and oxygen atoms in total. The number of aryl methyl sites for hydroxylation is 2. The first-order chi connectivity index (χ1) is 8.65. The fourth-order valence-corrected chi connectivity index (χ4v) is 2.41. The monoisotopic (exact) mass is 263 g/mol. The molecule has 0 bridgehead atoms. The summed E-state index contributed by atoms with van der Waals surface area (Å²) in [6, 6.07) is 6.22. The number of nitrogens with one attached hydrogen (secondary N) is 1. The summed E-state index contributed by atoms with van der Waals surface area (Å²) in [4.78, 5) is 0. The number of benzene rings is 1. The first kappa shape index (κ1) is 13.1. The zero-order chi connectivity index (χ0) is 13.1. The van der Waals surface area contributed by atoms with E-state index in [2.05, 4.69) is 35.7 Å². The van der Waals surface area contributed by atoms with Crippen LogP contribution in [0.1, 0.15) is 29.7 Å². The minimum Gasteiger partial charge on any atom is -0.309 e. The standard InChI is InChI=1S/C14H18ClN3/c1-4-18-9-11(8-17-18)14(16-3)12-6-5-10(2)7-13(12)15/h5-9,14,16H,4H2,1-3H3.